The minimum Gasteiger partial charge on any atom is -0.325 e. The maximum absolute atomic E-state index is 6.13. The first-order chi connectivity index (χ1) is 5.70. The van der Waals surface area contributed by atoms with E-state index >= 15 is 0 Å². The van der Waals surface area contributed by atoms with Crippen LogP contribution in [0.2, 0.25) is 0 Å². The van der Waals surface area contributed by atoms with Crippen molar-refractivity contribution in [1.82, 2.24) is 4.90 Å². The molecular formula is C10H22N2. The molecule has 0 aliphatic heterocycles. The van der Waals surface area contributed by atoms with Crippen molar-refractivity contribution >= 4 is 0 Å². The zero-order chi connectivity index (χ0) is 9.03. The fraction of sp³-hybridized carbons (Fsp3) is 1.00. The molecule has 0 aromatic rings. The van der Waals surface area contributed by atoms with Gasteiger partial charge in [0.15, 0.2) is 0 Å². The quantitative estimate of drug-likeness (QED) is 0.679. The highest BCUT2D eigenvalue weighted by Crippen LogP contribution is 2.32. The largest absolute Gasteiger partial charge is 0.325 e. The summed E-state index contributed by atoms with van der Waals surface area (Å²) < 4.78 is 0. The molecule has 2 nitrogen and oxygen atoms in total. The van der Waals surface area contributed by atoms with Crippen LogP contribution in [-0.4, -0.2) is 30.1 Å². The molecule has 1 aliphatic carbocycles. The van der Waals surface area contributed by atoms with Crippen LogP contribution in [-0.2, 0) is 0 Å². The molecule has 1 aliphatic rings. The minimum atomic E-state index is 0.211. The summed E-state index contributed by atoms with van der Waals surface area (Å²) in [7, 11) is 0. The topological polar surface area (TPSA) is 29.3 Å². The molecule has 1 rings (SSSR count). The maximum atomic E-state index is 6.13. The van der Waals surface area contributed by atoms with Crippen molar-refractivity contribution in [2.45, 2.75) is 45.1 Å². The second kappa shape index (κ2) is 4.24. The molecule has 12 heavy (non-hydrogen) atoms. The zero-order valence-electron chi connectivity index (χ0n) is 8.47. The SMILES string of the molecule is CCN(CC)CCC1(N)CCC1. The fourth-order valence-corrected chi connectivity index (χ4v) is 1.80. The first-order valence-corrected chi connectivity index (χ1v) is 5.21. The van der Waals surface area contributed by atoms with E-state index in [4.69, 9.17) is 5.73 Å². The lowest BCUT2D eigenvalue weighted by molar-refractivity contribution is 0.188. The standard InChI is InChI=1S/C10H22N2/c1-3-12(4-2)9-8-10(11)6-5-7-10/h3-9,11H2,1-2H3. The van der Waals surface area contributed by atoms with Crippen LogP contribution in [0.1, 0.15) is 39.5 Å². The Hall–Kier alpha value is -0.0800. The van der Waals surface area contributed by atoms with E-state index in [1.807, 2.05) is 0 Å². The van der Waals surface area contributed by atoms with Crippen molar-refractivity contribution in [3.63, 3.8) is 0 Å². The molecule has 72 valence electrons. The molecule has 1 fully saturated rings. The van der Waals surface area contributed by atoms with Crippen molar-refractivity contribution in [3.05, 3.63) is 0 Å². The molecule has 0 atom stereocenters. The maximum Gasteiger partial charge on any atom is 0.0166 e. The molecule has 0 heterocycles. The molecule has 1 saturated carbocycles. The fourth-order valence-electron chi connectivity index (χ4n) is 1.80. The summed E-state index contributed by atoms with van der Waals surface area (Å²) in [6.45, 7) is 7.93. The van der Waals surface area contributed by atoms with Gasteiger partial charge in [-0.3, -0.25) is 0 Å². The van der Waals surface area contributed by atoms with E-state index in [1.54, 1.807) is 0 Å². The Bertz CT molecular complexity index is 126. The van der Waals surface area contributed by atoms with E-state index in [9.17, 15) is 0 Å². The van der Waals surface area contributed by atoms with Gasteiger partial charge in [-0.1, -0.05) is 13.8 Å². The van der Waals surface area contributed by atoms with Gasteiger partial charge in [-0.15, -0.1) is 0 Å². The summed E-state index contributed by atoms with van der Waals surface area (Å²) in [6, 6.07) is 0. The Labute approximate surface area is 76.1 Å². The molecule has 0 amide bonds. The average molecular weight is 170 g/mol. The van der Waals surface area contributed by atoms with Crippen LogP contribution in [0.15, 0.2) is 0 Å². The summed E-state index contributed by atoms with van der Waals surface area (Å²) >= 11 is 0. The Kier molecular flexibility index (Phi) is 3.53. The van der Waals surface area contributed by atoms with Crippen LogP contribution < -0.4 is 5.73 Å². The third kappa shape index (κ3) is 2.46. The van der Waals surface area contributed by atoms with E-state index in [0.29, 0.717) is 0 Å². The molecule has 0 aromatic heterocycles. The van der Waals surface area contributed by atoms with E-state index in [-0.39, 0.29) is 5.54 Å². The van der Waals surface area contributed by atoms with Crippen molar-refractivity contribution in [3.8, 4) is 0 Å². The van der Waals surface area contributed by atoms with Crippen LogP contribution in [0, 0.1) is 0 Å². The highest BCUT2D eigenvalue weighted by atomic mass is 15.1. The van der Waals surface area contributed by atoms with Gasteiger partial charge in [0.25, 0.3) is 0 Å². The average Bonchev–Trinajstić information content (AvgIpc) is 2.03. The van der Waals surface area contributed by atoms with Crippen LogP contribution >= 0.6 is 0 Å². The normalized spacial score (nSPS) is 21.0. The summed E-state index contributed by atoms with van der Waals surface area (Å²) in [5, 5.41) is 0. The Morgan fingerprint density at radius 2 is 1.83 bits per heavy atom. The zero-order valence-corrected chi connectivity index (χ0v) is 8.47. The predicted molar refractivity (Wildman–Crippen MR) is 53.2 cm³/mol. The van der Waals surface area contributed by atoms with Gasteiger partial charge in [-0.25, -0.2) is 0 Å². The van der Waals surface area contributed by atoms with Crippen molar-refractivity contribution in [2.75, 3.05) is 19.6 Å². The van der Waals surface area contributed by atoms with Gasteiger partial charge in [0, 0.05) is 5.54 Å². The summed E-state index contributed by atoms with van der Waals surface area (Å²) in [6.07, 6.45) is 5.02. The van der Waals surface area contributed by atoms with Gasteiger partial charge in [0.05, 0.1) is 0 Å². The van der Waals surface area contributed by atoms with Crippen molar-refractivity contribution in [1.29, 1.82) is 0 Å². The second-order valence-electron chi connectivity index (χ2n) is 3.99. The van der Waals surface area contributed by atoms with Gasteiger partial charge in [0.2, 0.25) is 0 Å². The monoisotopic (exact) mass is 170 g/mol. The van der Waals surface area contributed by atoms with Crippen LogP contribution in [0.4, 0.5) is 0 Å². The highest BCUT2D eigenvalue weighted by Gasteiger charge is 2.31. The molecular weight excluding hydrogens is 148 g/mol. The Morgan fingerprint density at radius 1 is 1.25 bits per heavy atom. The van der Waals surface area contributed by atoms with Crippen molar-refractivity contribution < 1.29 is 0 Å². The van der Waals surface area contributed by atoms with E-state index in [0.717, 1.165) is 13.1 Å². The molecule has 0 saturated heterocycles. The first kappa shape index (κ1) is 10.0. The van der Waals surface area contributed by atoms with Gasteiger partial charge in [-0.05, 0) is 45.3 Å². The predicted octanol–water partition coefficient (Wildman–Crippen LogP) is 1.60. The van der Waals surface area contributed by atoms with Gasteiger partial charge >= 0.3 is 0 Å². The number of rotatable bonds is 5. The molecule has 0 unspecified atom stereocenters. The van der Waals surface area contributed by atoms with Gasteiger partial charge in [0.1, 0.15) is 0 Å². The second-order valence-corrected chi connectivity index (χ2v) is 3.99. The lowest BCUT2D eigenvalue weighted by Crippen LogP contribution is -2.48. The van der Waals surface area contributed by atoms with Crippen LogP contribution in [0.5, 0.6) is 0 Å². The lowest BCUT2D eigenvalue weighted by atomic mass is 9.75. The minimum absolute atomic E-state index is 0.211. The third-order valence-electron chi connectivity index (χ3n) is 3.17. The summed E-state index contributed by atoms with van der Waals surface area (Å²) in [5.74, 6) is 0. The van der Waals surface area contributed by atoms with Gasteiger partial charge < -0.3 is 10.6 Å². The molecule has 0 spiro atoms. The van der Waals surface area contributed by atoms with E-state index in [2.05, 4.69) is 18.7 Å². The van der Waals surface area contributed by atoms with E-state index in [1.165, 1.54) is 32.2 Å². The molecule has 0 aromatic carbocycles. The molecule has 2 N–H and O–H groups in total. The summed E-state index contributed by atoms with van der Waals surface area (Å²) in [4.78, 5) is 2.45. The van der Waals surface area contributed by atoms with Gasteiger partial charge in [-0.2, -0.15) is 0 Å². The highest BCUT2D eigenvalue weighted by molar-refractivity contribution is 4.92. The van der Waals surface area contributed by atoms with E-state index < -0.39 is 0 Å². The van der Waals surface area contributed by atoms with Crippen LogP contribution in [0.3, 0.4) is 0 Å². The Balaban J connectivity index is 2.14. The third-order valence-corrected chi connectivity index (χ3v) is 3.17. The summed E-state index contributed by atoms with van der Waals surface area (Å²) in [5.41, 5.74) is 6.34. The lowest BCUT2D eigenvalue weighted by Gasteiger charge is -2.39. The number of hydrogen-bond acceptors (Lipinski definition) is 2. The number of hydrogen-bond donors (Lipinski definition) is 1. The number of nitrogens with zero attached hydrogens (tertiary/aromatic N) is 1. The van der Waals surface area contributed by atoms with Crippen molar-refractivity contribution in [2.24, 2.45) is 5.73 Å². The number of nitrogens with two attached hydrogens (primary N) is 1. The molecule has 2 heteroatoms. The first-order valence-electron chi connectivity index (χ1n) is 5.21. The molecule has 0 bridgehead atoms. The van der Waals surface area contributed by atoms with Crippen LogP contribution in [0.25, 0.3) is 0 Å². The molecule has 0 radical (unpaired) electrons. The smallest absolute Gasteiger partial charge is 0.0166 e. The Morgan fingerprint density at radius 3 is 2.17 bits per heavy atom.